The first-order valence-electron chi connectivity index (χ1n) is 19.2. The smallest absolute Gasteiger partial charge is 0.0541 e. The monoisotopic (exact) mass is 717 g/mol. The summed E-state index contributed by atoms with van der Waals surface area (Å²) < 4.78 is 5.25. The first-order valence-corrected chi connectivity index (χ1v) is 20.0. The van der Waals surface area contributed by atoms with Gasteiger partial charge >= 0.3 is 0 Å². The number of benzene rings is 9. The van der Waals surface area contributed by atoms with Gasteiger partial charge in [0.05, 0.1) is 11.0 Å². The molecule has 2 heteroatoms. The standard InChI is InChI=1S/C53H35NS/c1-53(2)46-24-23-42-41-13-7-8-14-50(41)55-52(42)51(46)43-22-21-40(31-47(43)53)54-48-25-19-38(36-17-15-32-9-3-5-11-34(32)27-36)29-44(48)45-30-39(20-26-49(45)54)37-18-16-33-10-4-6-12-35(33)28-37/h3-31H,1-2H3. The highest BCUT2D eigenvalue weighted by molar-refractivity contribution is 7.26. The van der Waals surface area contributed by atoms with Crippen molar-refractivity contribution < 1.29 is 0 Å². The molecule has 1 nitrogen and oxygen atoms in total. The number of nitrogens with zero attached hydrogens (tertiary/aromatic N) is 1. The second kappa shape index (κ2) is 11.3. The predicted octanol–water partition coefficient (Wildman–Crippen LogP) is 15.1. The van der Waals surface area contributed by atoms with E-state index in [4.69, 9.17) is 0 Å². The summed E-state index contributed by atoms with van der Waals surface area (Å²) >= 11 is 1.93. The minimum atomic E-state index is -0.129. The Morgan fingerprint density at radius 3 is 1.64 bits per heavy atom. The fourth-order valence-electron chi connectivity index (χ4n) is 9.53. The molecule has 12 rings (SSSR count). The van der Waals surface area contributed by atoms with Crippen molar-refractivity contribution in [2.24, 2.45) is 0 Å². The summed E-state index contributed by atoms with van der Waals surface area (Å²) in [7, 11) is 0. The van der Waals surface area contributed by atoms with E-state index in [1.165, 1.54) is 114 Å². The molecule has 0 saturated heterocycles. The van der Waals surface area contributed by atoms with E-state index in [0.717, 1.165) is 0 Å². The molecule has 0 atom stereocenters. The number of thiophene rings is 1. The van der Waals surface area contributed by atoms with Crippen molar-refractivity contribution in [3.05, 3.63) is 187 Å². The Kier molecular flexibility index (Phi) is 6.34. The molecule has 11 aromatic rings. The van der Waals surface area contributed by atoms with Crippen LogP contribution in [0.15, 0.2) is 176 Å². The van der Waals surface area contributed by atoms with E-state index < -0.39 is 0 Å². The highest BCUT2D eigenvalue weighted by Crippen LogP contribution is 2.54. The molecule has 0 aliphatic heterocycles. The van der Waals surface area contributed by atoms with Crippen LogP contribution in [0.3, 0.4) is 0 Å². The van der Waals surface area contributed by atoms with Crippen LogP contribution in [0.1, 0.15) is 25.0 Å². The quantitative estimate of drug-likeness (QED) is 0.171. The summed E-state index contributed by atoms with van der Waals surface area (Å²) in [6.45, 7) is 4.80. The summed E-state index contributed by atoms with van der Waals surface area (Å²) in [6, 6.07) is 65.8. The molecule has 1 aliphatic rings. The molecular weight excluding hydrogens is 683 g/mol. The van der Waals surface area contributed by atoms with E-state index in [-0.39, 0.29) is 5.41 Å². The Labute approximate surface area is 323 Å². The van der Waals surface area contributed by atoms with Crippen molar-refractivity contribution in [3.63, 3.8) is 0 Å². The highest BCUT2D eigenvalue weighted by Gasteiger charge is 2.37. The van der Waals surface area contributed by atoms with Gasteiger partial charge in [-0.3, -0.25) is 0 Å². The lowest BCUT2D eigenvalue weighted by atomic mass is 9.82. The van der Waals surface area contributed by atoms with Crippen molar-refractivity contribution in [1.82, 2.24) is 4.57 Å². The van der Waals surface area contributed by atoms with Gasteiger partial charge in [0, 0.05) is 47.6 Å². The van der Waals surface area contributed by atoms with Crippen LogP contribution in [0.2, 0.25) is 0 Å². The number of aromatic nitrogens is 1. The van der Waals surface area contributed by atoms with Crippen molar-refractivity contribution in [2.75, 3.05) is 0 Å². The van der Waals surface area contributed by atoms with Gasteiger partial charge in [-0.05, 0) is 115 Å². The van der Waals surface area contributed by atoms with E-state index in [0.29, 0.717) is 0 Å². The molecule has 0 fully saturated rings. The molecule has 2 aromatic heterocycles. The number of hydrogen-bond donors (Lipinski definition) is 0. The minimum absolute atomic E-state index is 0.129. The topological polar surface area (TPSA) is 4.93 Å². The predicted molar refractivity (Wildman–Crippen MR) is 237 cm³/mol. The maximum absolute atomic E-state index is 2.49. The molecule has 0 unspecified atom stereocenters. The summed E-state index contributed by atoms with van der Waals surface area (Å²) in [5.74, 6) is 0. The Morgan fingerprint density at radius 1 is 0.418 bits per heavy atom. The van der Waals surface area contributed by atoms with Gasteiger partial charge in [-0.2, -0.15) is 0 Å². The van der Waals surface area contributed by atoms with Crippen LogP contribution in [0, 0.1) is 0 Å². The van der Waals surface area contributed by atoms with E-state index in [9.17, 15) is 0 Å². The normalized spacial score (nSPS) is 13.4. The van der Waals surface area contributed by atoms with Gasteiger partial charge in [0.25, 0.3) is 0 Å². The molecule has 55 heavy (non-hydrogen) atoms. The van der Waals surface area contributed by atoms with E-state index in [1.807, 2.05) is 11.3 Å². The third-order valence-corrected chi connectivity index (χ3v) is 13.6. The summed E-state index contributed by atoms with van der Waals surface area (Å²) in [5, 5.41) is 10.3. The summed E-state index contributed by atoms with van der Waals surface area (Å²) in [5.41, 5.74) is 14.0. The second-order valence-electron chi connectivity index (χ2n) is 15.7. The molecule has 0 N–H and O–H groups in total. The Bertz CT molecular complexity index is 3270. The number of hydrogen-bond acceptors (Lipinski definition) is 1. The molecule has 1 aliphatic carbocycles. The molecular formula is C53H35NS. The van der Waals surface area contributed by atoms with Gasteiger partial charge in [0.1, 0.15) is 0 Å². The number of fused-ring (bicyclic) bond motifs is 12. The first-order chi connectivity index (χ1) is 27.0. The van der Waals surface area contributed by atoms with Crippen LogP contribution < -0.4 is 0 Å². The third-order valence-electron chi connectivity index (χ3n) is 12.4. The van der Waals surface area contributed by atoms with Crippen molar-refractivity contribution >= 4 is 74.9 Å². The number of rotatable bonds is 3. The van der Waals surface area contributed by atoms with E-state index >= 15 is 0 Å². The molecule has 9 aromatic carbocycles. The van der Waals surface area contributed by atoms with Crippen LogP contribution in [-0.4, -0.2) is 4.57 Å². The van der Waals surface area contributed by atoms with Crippen LogP contribution >= 0.6 is 11.3 Å². The molecule has 0 bridgehead atoms. The fourth-order valence-corrected chi connectivity index (χ4v) is 10.8. The lowest BCUT2D eigenvalue weighted by Gasteiger charge is -2.22. The molecule has 2 heterocycles. The zero-order chi connectivity index (χ0) is 36.4. The van der Waals surface area contributed by atoms with Crippen LogP contribution in [-0.2, 0) is 5.41 Å². The Balaban J connectivity index is 1.08. The maximum Gasteiger partial charge on any atom is 0.0541 e. The van der Waals surface area contributed by atoms with Gasteiger partial charge < -0.3 is 4.57 Å². The fraction of sp³-hybridized carbons (Fsp3) is 0.0566. The Hall–Kier alpha value is -6.48. The Morgan fingerprint density at radius 2 is 0.982 bits per heavy atom. The van der Waals surface area contributed by atoms with Crippen LogP contribution in [0.5, 0.6) is 0 Å². The molecule has 0 radical (unpaired) electrons. The minimum Gasteiger partial charge on any atom is -0.309 e. The van der Waals surface area contributed by atoms with Crippen molar-refractivity contribution in [1.29, 1.82) is 0 Å². The van der Waals surface area contributed by atoms with Crippen LogP contribution in [0.4, 0.5) is 0 Å². The van der Waals surface area contributed by atoms with E-state index in [1.54, 1.807) is 0 Å². The molecule has 0 amide bonds. The largest absolute Gasteiger partial charge is 0.309 e. The van der Waals surface area contributed by atoms with E-state index in [2.05, 4.69) is 194 Å². The average Bonchev–Trinajstić information content (AvgIpc) is 3.85. The molecule has 0 saturated carbocycles. The third kappa shape index (κ3) is 4.46. The van der Waals surface area contributed by atoms with Crippen molar-refractivity contribution in [3.8, 4) is 39.1 Å². The van der Waals surface area contributed by atoms with Gasteiger partial charge in [0.15, 0.2) is 0 Å². The summed E-state index contributed by atoms with van der Waals surface area (Å²) in [4.78, 5) is 0. The first kappa shape index (κ1) is 30.9. The zero-order valence-electron chi connectivity index (χ0n) is 30.6. The highest BCUT2D eigenvalue weighted by atomic mass is 32.1. The summed E-state index contributed by atoms with van der Waals surface area (Å²) in [6.07, 6.45) is 0. The van der Waals surface area contributed by atoms with Gasteiger partial charge in [-0.25, -0.2) is 0 Å². The lowest BCUT2D eigenvalue weighted by molar-refractivity contribution is 0.660. The van der Waals surface area contributed by atoms with Crippen molar-refractivity contribution in [2.45, 2.75) is 19.3 Å². The van der Waals surface area contributed by atoms with Gasteiger partial charge in [0.2, 0.25) is 0 Å². The van der Waals surface area contributed by atoms with Gasteiger partial charge in [-0.15, -0.1) is 11.3 Å². The molecule has 258 valence electrons. The maximum atomic E-state index is 2.49. The lowest BCUT2D eigenvalue weighted by Crippen LogP contribution is -2.15. The molecule has 0 spiro atoms. The zero-order valence-corrected chi connectivity index (χ0v) is 31.4. The second-order valence-corrected chi connectivity index (χ2v) is 16.8. The average molecular weight is 718 g/mol. The van der Waals surface area contributed by atoms with Gasteiger partial charge in [-0.1, -0.05) is 135 Å². The van der Waals surface area contributed by atoms with Crippen LogP contribution in [0.25, 0.3) is 103 Å². The SMILES string of the molecule is CC1(C)c2cc(-n3c4ccc(-c5ccc6ccccc6c5)cc4c4cc(-c5ccc6ccccc6c5)ccc43)ccc2-c2c1ccc1c2sc2ccccc21.